The number of furan rings is 1. The molecular formula is C13H15ClFNO. The Hall–Kier alpha value is -1.32. The second-order valence-electron chi connectivity index (χ2n) is 3.70. The third kappa shape index (κ3) is 3.32. The van der Waals surface area contributed by atoms with Crippen molar-refractivity contribution in [3.8, 4) is 0 Å². The molecule has 0 saturated carbocycles. The summed E-state index contributed by atoms with van der Waals surface area (Å²) < 4.78 is 18.2. The van der Waals surface area contributed by atoms with Crippen LogP contribution >= 0.6 is 12.4 Å². The minimum Gasteiger partial charge on any atom is -0.469 e. The fraction of sp³-hybridized carbons (Fsp3) is 0.231. The molecule has 0 radical (unpaired) electrons. The van der Waals surface area contributed by atoms with E-state index in [1.807, 2.05) is 12.1 Å². The SMILES string of the molecule is Cl.NCCC(c1ccc(F)cc1)c1ccco1. The van der Waals surface area contributed by atoms with Crippen LogP contribution in [0, 0.1) is 5.82 Å². The van der Waals surface area contributed by atoms with Gasteiger partial charge in [0.05, 0.1) is 6.26 Å². The van der Waals surface area contributed by atoms with E-state index < -0.39 is 0 Å². The summed E-state index contributed by atoms with van der Waals surface area (Å²) in [5.74, 6) is 0.757. The van der Waals surface area contributed by atoms with Gasteiger partial charge >= 0.3 is 0 Å². The summed E-state index contributed by atoms with van der Waals surface area (Å²) in [4.78, 5) is 0. The molecule has 1 heterocycles. The van der Waals surface area contributed by atoms with Crippen molar-refractivity contribution in [3.05, 3.63) is 59.8 Å². The molecular weight excluding hydrogens is 241 g/mol. The number of benzene rings is 1. The van der Waals surface area contributed by atoms with Crippen molar-refractivity contribution in [1.29, 1.82) is 0 Å². The van der Waals surface area contributed by atoms with Gasteiger partial charge in [0.2, 0.25) is 0 Å². The summed E-state index contributed by atoms with van der Waals surface area (Å²) in [6.07, 6.45) is 2.43. The topological polar surface area (TPSA) is 39.2 Å². The van der Waals surface area contributed by atoms with Gasteiger partial charge in [-0.05, 0) is 42.8 Å². The summed E-state index contributed by atoms with van der Waals surface area (Å²) >= 11 is 0. The smallest absolute Gasteiger partial charge is 0.123 e. The molecule has 0 saturated heterocycles. The Morgan fingerprint density at radius 2 is 1.88 bits per heavy atom. The first-order valence-electron chi connectivity index (χ1n) is 5.30. The maximum absolute atomic E-state index is 12.8. The zero-order chi connectivity index (χ0) is 11.4. The molecule has 0 fully saturated rings. The van der Waals surface area contributed by atoms with Crippen molar-refractivity contribution < 1.29 is 8.81 Å². The largest absolute Gasteiger partial charge is 0.469 e. The third-order valence-electron chi connectivity index (χ3n) is 2.61. The standard InChI is InChI=1S/C13H14FNO.ClH/c14-11-5-3-10(4-6-11)12(7-8-15)13-2-1-9-16-13;/h1-6,9,12H,7-8,15H2;1H. The molecule has 0 aliphatic rings. The molecule has 0 bridgehead atoms. The first-order chi connectivity index (χ1) is 7.81. The molecule has 1 aromatic carbocycles. The Morgan fingerprint density at radius 1 is 1.18 bits per heavy atom. The van der Waals surface area contributed by atoms with Crippen LogP contribution in [0.4, 0.5) is 4.39 Å². The van der Waals surface area contributed by atoms with E-state index in [9.17, 15) is 4.39 Å². The van der Waals surface area contributed by atoms with Crippen LogP contribution in [0.2, 0.25) is 0 Å². The van der Waals surface area contributed by atoms with Gasteiger partial charge in [-0.3, -0.25) is 0 Å². The van der Waals surface area contributed by atoms with Crippen LogP contribution in [0.15, 0.2) is 47.1 Å². The predicted octanol–water partition coefficient (Wildman–Crippen LogP) is 3.32. The van der Waals surface area contributed by atoms with E-state index in [0.29, 0.717) is 6.54 Å². The average molecular weight is 256 g/mol. The summed E-state index contributed by atoms with van der Waals surface area (Å²) in [7, 11) is 0. The number of rotatable bonds is 4. The molecule has 92 valence electrons. The van der Waals surface area contributed by atoms with E-state index in [0.717, 1.165) is 17.7 Å². The minimum atomic E-state index is -0.227. The molecule has 1 unspecified atom stereocenters. The Balaban J connectivity index is 0.00000144. The van der Waals surface area contributed by atoms with Gasteiger partial charge in [-0.25, -0.2) is 4.39 Å². The van der Waals surface area contributed by atoms with Crippen LogP contribution < -0.4 is 5.73 Å². The number of hydrogen-bond donors (Lipinski definition) is 1. The van der Waals surface area contributed by atoms with Crippen molar-refractivity contribution in [2.75, 3.05) is 6.54 Å². The highest BCUT2D eigenvalue weighted by Gasteiger charge is 2.15. The molecule has 0 spiro atoms. The van der Waals surface area contributed by atoms with Gasteiger partial charge < -0.3 is 10.2 Å². The molecule has 0 amide bonds. The van der Waals surface area contributed by atoms with Crippen LogP contribution in [0.1, 0.15) is 23.7 Å². The van der Waals surface area contributed by atoms with Gasteiger partial charge in [-0.1, -0.05) is 12.1 Å². The van der Waals surface area contributed by atoms with Gasteiger partial charge in [0.15, 0.2) is 0 Å². The molecule has 2 rings (SSSR count). The average Bonchev–Trinajstić information content (AvgIpc) is 2.81. The first kappa shape index (κ1) is 13.7. The van der Waals surface area contributed by atoms with Crippen molar-refractivity contribution >= 4 is 12.4 Å². The van der Waals surface area contributed by atoms with Crippen LogP contribution in [0.3, 0.4) is 0 Å². The van der Waals surface area contributed by atoms with Gasteiger partial charge in [0.1, 0.15) is 11.6 Å². The lowest BCUT2D eigenvalue weighted by atomic mass is 9.93. The van der Waals surface area contributed by atoms with Crippen molar-refractivity contribution in [2.24, 2.45) is 5.73 Å². The fourth-order valence-electron chi connectivity index (χ4n) is 1.82. The predicted molar refractivity (Wildman–Crippen MR) is 67.9 cm³/mol. The van der Waals surface area contributed by atoms with E-state index in [-0.39, 0.29) is 24.1 Å². The van der Waals surface area contributed by atoms with Gasteiger partial charge in [0.25, 0.3) is 0 Å². The lowest BCUT2D eigenvalue weighted by molar-refractivity contribution is 0.475. The number of nitrogens with two attached hydrogens (primary N) is 1. The second kappa shape index (κ2) is 6.42. The van der Waals surface area contributed by atoms with Gasteiger partial charge in [-0.15, -0.1) is 12.4 Å². The van der Waals surface area contributed by atoms with E-state index in [4.69, 9.17) is 10.2 Å². The van der Waals surface area contributed by atoms with Crippen LogP contribution in [-0.4, -0.2) is 6.54 Å². The van der Waals surface area contributed by atoms with Crippen molar-refractivity contribution in [1.82, 2.24) is 0 Å². The van der Waals surface area contributed by atoms with Crippen LogP contribution in [0.5, 0.6) is 0 Å². The molecule has 1 atom stereocenters. The number of halogens is 2. The lowest BCUT2D eigenvalue weighted by Gasteiger charge is -2.13. The van der Waals surface area contributed by atoms with Crippen LogP contribution in [0.25, 0.3) is 0 Å². The molecule has 4 heteroatoms. The Morgan fingerprint density at radius 3 is 2.41 bits per heavy atom. The zero-order valence-corrected chi connectivity index (χ0v) is 10.1. The summed E-state index contributed by atoms with van der Waals surface area (Å²) in [5.41, 5.74) is 6.62. The fourth-order valence-corrected chi connectivity index (χ4v) is 1.82. The van der Waals surface area contributed by atoms with Gasteiger partial charge in [0, 0.05) is 5.92 Å². The van der Waals surface area contributed by atoms with Gasteiger partial charge in [-0.2, -0.15) is 0 Å². The maximum atomic E-state index is 12.8. The van der Waals surface area contributed by atoms with Crippen molar-refractivity contribution in [2.45, 2.75) is 12.3 Å². The quantitative estimate of drug-likeness (QED) is 0.910. The zero-order valence-electron chi connectivity index (χ0n) is 9.30. The highest BCUT2D eigenvalue weighted by Crippen LogP contribution is 2.27. The third-order valence-corrected chi connectivity index (χ3v) is 2.61. The van der Waals surface area contributed by atoms with E-state index in [1.165, 1.54) is 12.1 Å². The highest BCUT2D eigenvalue weighted by atomic mass is 35.5. The van der Waals surface area contributed by atoms with Crippen LogP contribution in [-0.2, 0) is 0 Å². The molecule has 17 heavy (non-hydrogen) atoms. The summed E-state index contributed by atoms with van der Waals surface area (Å²) in [6, 6.07) is 10.2. The Kier molecular flexibility index (Phi) is 5.19. The van der Waals surface area contributed by atoms with E-state index in [2.05, 4.69) is 0 Å². The molecule has 0 aliphatic carbocycles. The summed E-state index contributed by atoms with van der Waals surface area (Å²) in [5, 5.41) is 0. The van der Waals surface area contributed by atoms with E-state index in [1.54, 1.807) is 18.4 Å². The van der Waals surface area contributed by atoms with Crippen molar-refractivity contribution in [3.63, 3.8) is 0 Å². The van der Waals surface area contributed by atoms with E-state index >= 15 is 0 Å². The Bertz CT molecular complexity index is 427. The molecule has 2 N–H and O–H groups in total. The second-order valence-corrected chi connectivity index (χ2v) is 3.70. The molecule has 1 aromatic heterocycles. The maximum Gasteiger partial charge on any atom is 0.123 e. The molecule has 2 nitrogen and oxygen atoms in total. The normalized spacial score (nSPS) is 11.9. The molecule has 2 aromatic rings. The Labute approximate surface area is 106 Å². The number of hydrogen-bond acceptors (Lipinski definition) is 2. The lowest BCUT2D eigenvalue weighted by Crippen LogP contribution is -2.08. The minimum absolute atomic E-state index is 0. The molecule has 0 aliphatic heterocycles. The highest BCUT2D eigenvalue weighted by molar-refractivity contribution is 5.85. The monoisotopic (exact) mass is 255 g/mol. The summed E-state index contributed by atoms with van der Waals surface area (Å²) in [6.45, 7) is 0.572. The first-order valence-corrected chi connectivity index (χ1v) is 5.30.